The Hall–Kier alpha value is -6.64. The number of fused-ring (bicyclic) bond motifs is 14. The van der Waals surface area contributed by atoms with Gasteiger partial charge in [-0.3, -0.25) is 0 Å². The number of para-hydroxylation sites is 2. The van der Waals surface area contributed by atoms with E-state index in [2.05, 4.69) is 179 Å². The van der Waals surface area contributed by atoms with Gasteiger partial charge >= 0.3 is 0 Å². The van der Waals surface area contributed by atoms with Crippen molar-refractivity contribution in [2.75, 3.05) is 0 Å². The monoisotopic (exact) mass is 632 g/mol. The van der Waals surface area contributed by atoms with Gasteiger partial charge < -0.3 is 9.13 Å². The van der Waals surface area contributed by atoms with Gasteiger partial charge in [0.1, 0.15) is 0 Å². The Morgan fingerprint density at radius 3 is 1.52 bits per heavy atom. The average molecular weight is 633 g/mol. The smallest absolute Gasteiger partial charge is 0.0626 e. The van der Waals surface area contributed by atoms with E-state index in [0.717, 1.165) is 0 Å². The molecule has 0 aliphatic heterocycles. The number of nitrogens with zero attached hydrogens (tertiary/aromatic N) is 2. The summed E-state index contributed by atoms with van der Waals surface area (Å²) in [5.74, 6) is 0. The van der Waals surface area contributed by atoms with E-state index >= 15 is 0 Å². The molecule has 2 nitrogen and oxygen atoms in total. The first-order chi connectivity index (χ1) is 24.8. The summed E-state index contributed by atoms with van der Waals surface area (Å²) >= 11 is 0. The highest BCUT2D eigenvalue weighted by Crippen LogP contribution is 2.50. The van der Waals surface area contributed by atoms with Crippen LogP contribution in [-0.2, 0) is 0 Å². The Morgan fingerprint density at radius 1 is 0.280 bits per heavy atom. The molecule has 1 aliphatic rings. The quantitative estimate of drug-likeness (QED) is 0.168. The van der Waals surface area contributed by atoms with Crippen molar-refractivity contribution in [2.24, 2.45) is 0 Å². The summed E-state index contributed by atoms with van der Waals surface area (Å²) < 4.78 is 4.99. The number of rotatable bonds is 2. The lowest BCUT2D eigenvalue weighted by atomic mass is 9.96. The van der Waals surface area contributed by atoms with E-state index < -0.39 is 0 Å². The molecule has 2 heteroatoms. The van der Waals surface area contributed by atoms with E-state index in [1.165, 1.54) is 110 Å². The Kier molecular flexibility index (Phi) is 5.00. The second kappa shape index (κ2) is 9.49. The van der Waals surface area contributed by atoms with Crippen molar-refractivity contribution in [1.29, 1.82) is 0 Å². The van der Waals surface area contributed by atoms with E-state index in [9.17, 15) is 0 Å². The summed E-state index contributed by atoms with van der Waals surface area (Å²) in [6.45, 7) is 0. The molecule has 230 valence electrons. The minimum atomic E-state index is 1.17. The zero-order valence-electron chi connectivity index (χ0n) is 27.1. The van der Waals surface area contributed by atoms with Crippen molar-refractivity contribution < 1.29 is 0 Å². The molecule has 50 heavy (non-hydrogen) atoms. The van der Waals surface area contributed by atoms with Crippen LogP contribution in [0.15, 0.2) is 170 Å². The zero-order valence-corrected chi connectivity index (χ0v) is 27.1. The second-order valence-corrected chi connectivity index (χ2v) is 13.6. The molecule has 0 fully saturated rings. The van der Waals surface area contributed by atoms with Crippen LogP contribution >= 0.6 is 0 Å². The van der Waals surface area contributed by atoms with Gasteiger partial charge in [-0.1, -0.05) is 133 Å². The van der Waals surface area contributed by atoms with E-state index in [-0.39, 0.29) is 0 Å². The molecule has 0 N–H and O–H groups in total. The van der Waals surface area contributed by atoms with Gasteiger partial charge in [-0.25, -0.2) is 0 Å². The number of hydrogen-bond donors (Lipinski definition) is 0. The number of aromatic nitrogens is 2. The van der Waals surface area contributed by atoms with Crippen LogP contribution < -0.4 is 0 Å². The fourth-order valence-electron chi connectivity index (χ4n) is 9.25. The van der Waals surface area contributed by atoms with Crippen LogP contribution in [0.4, 0.5) is 0 Å². The molecule has 0 bridgehead atoms. The van der Waals surface area contributed by atoms with Crippen LogP contribution in [0.2, 0.25) is 0 Å². The predicted octanol–water partition coefficient (Wildman–Crippen LogP) is 13.0. The molecule has 0 radical (unpaired) electrons. The molecule has 0 saturated carbocycles. The fraction of sp³-hybridized carbons (Fsp3) is 0. The maximum atomic E-state index is 2.56. The van der Waals surface area contributed by atoms with Gasteiger partial charge in [0.15, 0.2) is 0 Å². The maximum absolute atomic E-state index is 2.56. The van der Waals surface area contributed by atoms with Crippen LogP contribution in [0, 0.1) is 0 Å². The molecular formula is C48H28N2. The van der Waals surface area contributed by atoms with Crippen molar-refractivity contribution in [1.82, 2.24) is 9.13 Å². The largest absolute Gasteiger partial charge is 0.309 e. The third-order valence-corrected chi connectivity index (χ3v) is 11.2. The Bertz CT molecular complexity index is 3180. The SMILES string of the molecule is c1ccc2c(c1)-c1cccc3c(-n4c5ccc(-n6c7ccccc7c7ccccc76)cc5c5c6ccccc6c6ccccc6c54)ccc-2c13. The third kappa shape index (κ3) is 3.23. The minimum Gasteiger partial charge on any atom is -0.309 e. The molecule has 12 rings (SSSR count). The summed E-state index contributed by atoms with van der Waals surface area (Å²) in [6.07, 6.45) is 0. The lowest BCUT2D eigenvalue weighted by Gasteiger charge is -2.15. The van der Waals surface area contributed by atoms with E-state index in [4.69, 9.17) is 0 Å². The molecule has 0 atom stereocenters. The van der Waals surface area contributed by atoms with Gasteiger partial charge in [0.05, 0.1) is 27.8 Å². The van der Waals surface area contributed by atoms with E-state index in [1.54, 1.807) is 0 Å². The van der Waals surface area contributed by atoms with Crippen LogP contribution in [-0.4, -0.2) is 9.13 Å². The van der Waals surface area contributed by atoms with Gasteiger partial charge in [0.25, 0.3) is 0 Å². The van der Waals surface area contributed by atoms with Crippen molar-refractivity contribution in [2.45, 2.75) is 0 Å². The van der Waals surface area contributed by atoms with E-state index in [0.29, 0.717) is 0 Å². The third-order valence-electron chi connectivity index (χ3n) is 11.2. The molecule has 0 amide bonds. The van der Waals surface area contributed by atoms with Gasteiger partial charge in [0.2, 0.25) is 0 Å². The average Bonchev–Trinajstić information content (AvgIpc) is 3.82. The summed E-state index contributed by atoms with van der Waals surface area (Å²) in [7, 11) is 0. The molecule has 2 heterocycles. The Balaban J connectivity index is 1.27. The van der Waals surface area contributed by atoms with Crippen molar-refractivity contribution in [3.05, 3.63) is 170 Å². The molecule has 11 aromatic rings. The zero-order chi connectivity index (χ0) is 32.5. The molecule has 2 aromatic heterocycles. The van der Waals surface area contributed by atoms with Crippen molar-refractivity contribution in [3.8, 4) is 33.6 Å². The van der Waals surface area contributed by atoms with Gasteiger partial charge in [0, 0.05) is 38.0 Å². The maximum Gasteiger partial charge on any atom is 0.0626 e. The van der Waals surface area contributed by atoms with Gasteiger partial charge in [-0.15, -0.1) is 0 Å². The molecular weight excluding hydrogens is 605 g/mol. The van der Waals surface area contributed by atoms with E-state index in [1.807, 2.05) is 0 Å². The first kappa shape index (κ1) is 26.3. The van der Waals surface area contributed by atoms with Crippen molar-refractivity contribution >= 4 is 75.9 Å². The van der Waals surface area contributed by atoms with Crippen LogP contribution in [0.25, 0.3) is 110 Å². The fourth-order valence-corrected chi connectivity index (χ4v) is 9.25. The Morgan fingerprint density at radius 2 is 0.800 bits per heavy atom. The Labute approximate surface area is 287 Å². The topological polar surface area (TPSA) is 9.86 Å². The summed E-state index contributed by atoms with van der Waals surface area (Å²) in [6, 6.07) is 62.9. The predicted molar refractivity (Wildman–Crippen MR) is 212 cm³/mol. The highest BCUT2D eigenvalue weighted by molar-refractivity contribution is 6.33. The molecule has 9 aromatic carbocycles. The highest BCUT2D eigenvalue weighted by atomic mass is 15.0. The standard InChI is InChI=1S/C48H28N2/c1-2-13-31-30(12-1)36-20-11-21-40-44(27-25-38(31)46(36)40)50-45-26-24-29(49-42-22-9-7-16-34(42)35-17-8-10-23-43(35)49)28-41(45)47-37-18-5-3-14-32(37)33-15-4-6-19-39(33)48(47)50/h1-28H. The lowest BCUT2D eigenvalue weighted by molar-refractivity contribution is 1.17. The lowest BCUT2D eigenvalue weighted by Crippen LogP contribution is -1.97. The first-order valence-corrected chi connectivity index (χ1v) is 17.4. The molecule has 0 unspecified atom stereocenters. The number of benzene rings is 9. The summed E-state index contributed by atoms with van der Waals surface area (Å²) in [5.41, 5.74) is 12.6. The normalized spacial score (nSPS) is 12.4. The van der Waals surface area contributed by atoms with Gasteiger partial charge in [-0.05, 0) is 80.2 Å². The van der Waals surface area contributed by atoms with Crippen molar-refractivity contribution in [3.63, 3.8) is 0 Å². The van der Waals surface area contributed by atoms with Crippen LogP contribution in [0.1, 0.15) is 0 Å². The first-order valence-electron chi connectivity index (χ1n) is 17.4. The second-order valence-electron chi connectivity index (χ2n) is 13.6. The minimum absolute atomic E-state index is 1.17. The van der Waals surface area contributed by atoms with Gasteiger partial charge in [-0.2, -0.15) is 0 Å². The van der Waals surface area contributed by atoms with Crippen LogP contribution in [0.3, 0.4) is 0 Å². The summed E-state index contributed by atoms with van der Waals surface area (Å²) in [4.78, 5) is 0. The number of hydrogen-bond acceptors (Lipinski definition) is 0. The van der Waals surface area contributed by atoms with Crippen LogP contribution in [0.5, 0.6) is 0 Å². The molecule has 0 saturated heterocycles. The molecule has 1 aliphatic carbocycles. The molecule has 0 spiro atoms. The highest BCUT2D eigenvalue weighted by Gasteiger charge is 2.25. The summed E-state index contributed by atoms with van der Waals surface area (Å²) in [5, 5.41) is 12.8.